The smallest absolute Gasteiger partial charge is 0.380 e. The average Bonchev–Trinajstić information content (AvgIpc) is 2.63. The molecule has 1 aromatic rings. The van der Waals surface area contributed by atoms with E-state index in [0.717, 1.165) is 12.8 Å². The van der Waals surface area contributed by atoms with Gasteiger partial charge in [-0.2, -0.15) is 21.6 Å². The number of halogens is 4. The summed E-state index contributed by atoms with van der Waals surface area (Å²) in [6.45, 7) is 0. The van der Waals surface area contributed by atoms with Crippen LogP contribution in [0.5, 0.6) is 0 Å². The van der Waals surface area contributed by atoms with E-state index in [1.165, 1.54) is 0 Å². The van der Waals surface area contributed by atoms with Crippen molar-refractivity contribution in [2.24, 2.45) is 0 Å². The molecule has 0 aliphatic heterocycles. The molecule has 0 unspecified atom stereocenters. The minimum absolute atomic E-state index is 0.110. The largest absolute Gasteiger partial charge is 0.534 e. The second-order valence-electron chi connectivity index (χ2n) is 4.93. The van der Waals surface area contributed by atoms with Crippen LogP contribution in [0.1, 0.15) is 37.7 Å². The Hall–Kier alpha value is -1.02. The molecule has 0 N–H and O–H groups in total. The number of allylic oxidation sites excluding steroid dienone is 2. The highest BCUT2D eigenvalue weighted by Crippen LogP contribution is 2.38. The lowest BCUT2D eigenvalue weighted by molar-refractivity contribution is -0.0523. The lowest BCUT2D eigenvalue weighted by Gasteiger charge is -2.16. The molecule has 1 aliphatic rings. The van der Waals surface area contributed by atoms with Crippen LogP contribution in [0.2, 0.25) is 0 Å². The molecule has 0 radical (unpaired) electrons. The maximum absolute atomic E-state index is 12.6. The van der Waals surface area contributed by atoms with Gasteiger partial charge in [-0.1, -0.05) is 40.5 Å². The highest BCUT2D eigenvalue weighted by Gasteiger charge is 2.49. The molecule has 0 atom stereocenters. The summed E-state index contributed by atoms with van der Waals surface area (Å²) in [7, 11) is -5.64. The Balaban J connectivity index is 2.48. The molecule has 122 valence electrons. The Kier molecular flexibility index (Phi) is 5.21. The highest BCUT2D eigenvalue weighted by atomic mass is 79.9. The lowest BCUT2D eigenvalue weighted by Crippen LogP contribution is -2.25. The molecule has 0 spiro atoms. The van der Waals surface area contributed by atoms with Crippen molar-refractivity contribution in [1.82, 2.24) is 0 Å². The Morgan fingerprint density at radius 2 is 1.68 bits per heavy atom. The van der Waals surface area contributed by atoms with Crippen molar-refractivity contribution in [2.75, 3.05) is 0 Å². The van der Waals surface area contributed by atoms with Gasteiger partial charge in [0.15, 0.2) is 0 Å². The van der Waals surface area contributed by atoms with Crippen LogP contribution in [-0.2, 0) is 14.3 Å². The van der Waals surface area contributed by atoms with Crippen LogP contribution in [0.25, 0.3) is 5.57 Å². The number of benzene rings is 1. The van der Waals surface area contributed by atoms with Crippen molar-refractivity contribution in [2.45, 2.75) is 37.6 Å². The molecule has 0 aromatic heterocycles. The fraction of sp³-hybridized carbons (Fsp3) is 0.429. The van der Waals surface area contributed by atoms with Gasteiger partial charge in [0.1, 0.15) is 5.76 Å². The number of alkyl halides is 3. The summed E-state index contributed by atoms with van der Waals surface area (Å²) in [6, 6.07) is 7.00. The summed E-state index contributed by atoms with van der Waals surface area (Å²) < 4.78 is 65.4. The lowest BCUT2D eigenvalue weighted by atomic mass is 10.0. The van der Waals surface area contributed by atoms with Gasteiger partial charge >= 0.3 is 15.6 Å². The zero-order valence-electron chi connectivity index (χ0n) is 11.5. The van der Waals surface area contributed by atoms with Crippen LogP contribution in [0.15, 0.2) is 34.5 Å². The Morgan fingerprint density at radius 3 is 2.32 bits per heavy atom. The van der Waals surface area contributed by atoms with E-state index in [-0.39, 0.29) is 12.2 Å². The summed E-state index contributed by atoms with van der Waals surface area (Å²) in [4.78, 5) is 0. The maximum Gasteiger partial charge on any atom is 0.534 e. The standard InChI is InChI=1S/C14H14BrF3O3S/c15-12-8-5-4-6-10(12)11-7-2-1-3-9-13(11)21-22(19,20)14(16,17)18/h4-6,8H,1-3,7,9H2. The first kappa shape index (κ1) is 17.3. The maximum atomic E-state index is 12.6. The normalized spacial score (nSPS) is 17.3. The Morgan fingerprint density at radius 1 is 1.05 bits per heavy atom. The zero-order chi connectivity index (χ0) is 16.4. The zero-order valence-corrected chi connectivity index (χ0v) is 13.9. The predicted molar refractivity (Wildman–Crippen MR) is 80.2 cm³/mol. The second kappa shape index (κ2) is 6.62. The number of hydrogen-bond donors (Lipinski definition) is 0. The molecule has 0 bridgehead atoms. The molecular formula is C14H14BrF3O3S. The van der Waals surface area contributed by atoms with E-state index in [4.69, 9.17) is 0 Å². The van der Waals surface area contributed by atoms with Crippen molar-refractivity contribution in [3.8, 4) is 0 Å². The van der Waals surface area contributed by atoms with Crippen molar-refractivity contribution in [1.29, 1.82) is 0 Å². The van der Waals surface area contributed by atoms with Gasteiger partial charge in [0.2, 0.25) is 0 Å². The summed E-state index contributed by atoms with van der Waals surface area (Å²) in [6.07, 6.45) is 2.83. The molecule has 0 fully saturated rings. The predicted octanol–water partition coefficient (Wildman–Crippen LogP) is 4.99. The molecule has 0 heterocycles. The first-order chi connectivity index (χ1) is 10.2. The third-order valence-electron chi connectivity index (χ3n) is 3.36. The molecule has 0 saturated carbocycles. The molecule has 22 heavy (non-hydrogen) atoms. The third-order valence-corrected chi connectivity index (χ3v) is 5.04. The van der Waals surface area contributed by atoms with E-state index in [1.54, 1.807) is 24.3 Å². The van der Waals surface area contributed by atoms with Crippen LogP contribution in [0.4, 0.5) is 13.2 Å². The SMILES string of the molecule is O=S(=O)(OC1=C(c2ccccc2Br)CCCCC1)C(F)(F)F. The highest BCUT2D eigenvalue weighted by molar-refractivity contribution is 9.10. The summed E-state index contributed by atoms with van der Waals surface area (Å²) >= 11 is 3.34. The van der Waals surface area contributed by atoms with E-state index in [9.17, 15) is 21.6 Å². The molecular weight excluding hydrogens is 385 g/mol. The van der Waals surface area contributed by atoms with Crippen molar-refractivity contribution < 1.29 is 25.8 Å². The van der Waals surface area contributed by atoms with E-state index in [2.05, 4.69) is 20.1 Å². The van der Waals surface area contributed by atoms with E-state index >= 15 is 0 Å². The quantitative estimate of drug-likeness (QED) is 0.531. The third kappa shape index (κ3) is 3.84. The monoisotopic (exact) mass is 398 g/mol. The summed E-state index contributed by atoms with van der Waals surface area (Å²) in [5.41, 5.74) is -4.25. The minimum Gasteiger partial charge on any atom is -0.380 e. The molecule has 2 rings (SSSR count). The van der Waals surface area contributed by atoms with Crippen LogP contribution in [0, 0.1) is 0 Å². The van der Waals surface area contributed by atoms with Gasteiger partial charge in [-0.15, -0.1) is 0 Å². The van der Waals surface area contributed by atoms with Gasteiger partial charge < -0.3 is 4.18 Å². The van der Waals surface area contributed by atoms with Crippen LogP contribution >= 0.6 is 15.9 Å². The number of rotatable bonds is 3. The molecule has 1 aromatic carbocycles. The van der Waals surface area contributed by atoms with Crippen LogP contribution < -0.4 is 0 Å². The number of hydrogen-bond acceptors (Lipinski definition) is 3. The fourth-order valence-corrected chi connectivity index (χ4v) is 3.38. The molecule has 1 aliphatic carbocycles. The van der Waals surface area contributed by atoms with Gasteiger partial charge in [-0.25, -0.2) is 0 Å². The van der Waals surface area contributed by atoms with Crippen molar-refractivity contribution in [3.05, 3.63) is 40.1 Å². The van der Waals surface area contributed by atoms with Crippen LogP contribution in [-0.4, -0.2) is 13.9 Å². The van der Waals surface area contributed by atoms with E-state index in [0.29, 0.717) is 28.5 Å². The Labute approximate surface area is 135 Å². The van der Waals surface area contributed by atoms with Gasteiger partial charge in [0.25, 0.3) is 0 Å². The van der Waals surface area contributed by atoms with Gasteiger partial charge in [-0.3, -0.25) is 0 Å². The Bertz CT molecular complexity index is 681. The summed E-state index contributed by atoms with van der Waals surface area (Å²) in [5.74, 6) is -0.110. The summed E-state index contributed by atoms with van der Waals surface area (Å²) in [5, 5.41) is 0. The topological polar surface area (TPSA) is 43.4 Å². The van der Waals surface area contributed by atoms with E-state index in [1.807, 2.05) is 0 Å². The van der Waals surface area contributed by atoms with Crippen molar-refractivity contribution in [3.63, 3.8) is 0 Å². The van der Waals surface area contributed by atoms with E-state index < -0.39 is 15.6 Å². The minimum atomic E-state index is -5.64. The van der Waals surface area contributed by atoms with Gasteiger partial charge in [0.05, 0.1) is 0 Å². The molecule has 8 heteroatoms. The van der Waals surface area contributed by atoms with Crippen LogP contribution in [0.3, 0.4) is 0 Å². The first-order valence-electron chi connectivity index (χ1n) is 6.70. The molecule has 3 nitrogen and oxygen atoms in total. The average molecular weight is 399 g/mol. The van der Waals surface area contributed by atoms with Gasteiger partial charge in [0, 0.05) is 10.9 Å². The fourth-order valence-electron chi connectivity index (χ4n) is 2.32. The van der Waals surface area contributed by atoms with Gasteiger partial charge in [-0.05, 0) is 36.5 Å². The molecule has 0 amide bonds. The first-order valence-corrected chi connectivity index (χ1v) is 8.90. The second-order valence-corrected chi connectivity index (χ2v) is 7.32. The molecule has 0 saturated heterocycles. The van der Waals surface area contributed by atoms with Crippen molar-refractivity contribution >= 4 is 31.6 Å².